The van der Waals surface area contributed by atoms with Crippen LogP contribution in [0, 0.1) is 41.5 Å². The molecule has 8 heteroatoms. The van der Waals surface area contributed by atoms with Gasteiger partial charge < -0.3 is 49.4 Å². The van der Waals surface area contributed by atoms with Gasteiger partial charge in [0.25, 0.3) is 0 Å². The molecule has 4 rings (SSSR count). The number of hydrogen-bond acceptors (Lipinski definition) is 4. The monoisotopic (exact) mass is 952 g/mol. The molecule has 4 unspecified atom stereocenters. The van der Waals surface area contributed by atoms with E-state index in [9.17, 15) is 0 Å². The van der Waals surface area contributed by atoms with Crippen molar-refractivity contribution in [3.63, 3.8) is 0 Å². The first-order chi connectivity index (χ1) is 22.6. The Morgan fingerprint density at radius 1 is 0.500 bits per heavy atom. The van der Waals surface area contributed by atoms with E-state index in [1.807, 2.05) is 0 Å². The summed E-state index contributed by atoms with van der Waals surface area (Å²) in [6.45, 7) is 10.9. The maximum Gasteiger partial charge on any atom is 2.00 e. The van der Waals surface area contributed by atoms with Crippen LogP contribution in [0.4, 0.5) is 0 Å². The molecule has 4 aliphatic carbocycles. The average Bonchev–Trinajstić information content (AvgIpc) is 3.92. The minimum atomic E-state index is -1.19. The van der Waals surface area contributed by atoms with Gasteiger partial charge in [0, 0.05) is 37.0 Å². The fraction of sp³-hybridized carbons (Fsp3) is 0.909. The van der Waals surface area contributed by atoms with Gasteiger partial charge in [0.1, 0.15) is 0 Å². The van der Waals surface area contributed by atoms with E-state index >= 15 is 0 Å². The molecule has 0 bridgehead atoms. The largest absolute Gasteiger partial charge is 2.00 e. The zero-order valence-electron chi connectivity index (χ0n) is 35.9. The van der Waals surface area contributed by atoms with Gasteiger partial charge in [0.05, 0.1) is 14.7 Å². The number of halogens is 1. The van der Waals surface area contributed by atoms with Crippen molar-refractivity contribution >= 4 is 30.7 Å². The van der Waals surface area contributed by atoms with Gasteiger partial charge in [-0.05, 0) is 49.5 Å². The molecule has 4 aliphatic rings. The van der Waals surface area contributed by atoms with E-state index in [0.29, 0.717) is 0 Å². The molecule has 4 fully saturated rings. The third kappa shape index (κ3) is 31.9. The molecule has 0 heterocycles. The second-order valence-electron chi connectivity index (χ2n) is 15.0. The normalized spacial score (nSPS) is 21.3. The van der Waals surface area contributed by atoms with Gasteiger partial charge in [-0.2, -0.15) is 0 Å². The van der Waals surface area contributed by atoms with Crippen molar-refractivity contribution in [2.45, 2.75) is 202 Å². The van der Waals surface area contributed by atoms with Gasteiger partial charge in [-0.25, -0.2) is 0 Å². The van der Waals surface area contributed by atoms with Crippen molar-refractivity contribution in [1.82, 2.24) is 0 Å². The van der Waals surface area contributed by atoms with Crippen LogP contribution in [0.5, 0.6) is 0 Å². The zero-order valence-corrected chi connectivity index (χ0v) is 41.3. The third-order valence-corrected chi connectivity index (χ3v) is 19.2. The quantitative estimate of drug-likeness (QED) is 0.0420. The Balaban J connectivity index is -0.000000158. The molecule has 0 aromatic rings. The molecule has 52 heavy (non-hydrogen) atoms. The van der Waals surface area contributed by atoms with Crippen molar-refractivity contribution in [2.24, 2.45) is 11.8 Å². The van der Waals surface area contributed by atoms with Gasteiger partial charge in [-0.15, -0.1) is 0 Å². The van der Waals surface area contributed by atoms with Crippen LogP contribution in [-0.4, -0.2) is 61.9 Å². The topological polar surface area (TPSA) is 58.9 Å². The smallest absolute Gasteiger partial charge is 0.396 e. The average molecular weight is 953 g/mol. The van der Waals surface area contributed by atoms with Crippen LogP contribution in [-0.2, 0) is 43.6 Å². The van der Waals surface area contributed by atoms with E-state index in [1.54, 1.807) is 18.1 Å². The van der Waals surface area contributed by atoms with E-state index in [0.717, 1.165) is 60.6 Å². The summed E-state index contributed by atoms with van der Waals surface area (Å²) in [4.78, 5) is 0. The van der Waals surface area contributed by atoms with Crippen molar-refractivity contribution < 1.29 is 53.8 Å². The molecule has 0 amide bonds. The van der Waals surface area contributed by atoms with E-state index < -0.39 is 8.07 Å². The number of ether oxygens (including phenoxy) is 2. The second-order valence-corrected chi connectivity index (χ2v) is 21.6. The van der Waals surface area contributed by atoms with Gasteiger partial charge in [0.15, 0.2) is 0 Å². The van der Waals surface area contributed by atoms with E-state index in [-0.39, 0.29) is 77.1 Å². The van der Waals surface area contributed by atoms with Crippen molar-refractivity contribution in [3.8, 4) is 0 Å². The van der Waals surface area contributed by atoms with Crippen molar-refractivity contribution in [2.75, 3.05) is 39.6 Å². The Kier molecular flexibility index (Phi) is 59.6. The summed E-state index contributed by atoms with van der Waals surface area (Å²) in [6.07, 6.45) is 33.4. The fourth-order valence-electron chi connectivity index (χ4n) is 8.31. The van der Waals surface area contributed by atoms with Crippen LogP contribution >= 0.6 is 22.6 Å². The third-order valence-electron chi connectivity index (χ3n) is 11.2. The molecule has 0 aromatic carbocycles. The molecular weight excluding hydrogens is 859 g/mol. The SMILES string of the molecule is C1CCCC1.C1CCCC1.CCCC[Si](CCCC)(CCCC)C1CCCC1COCCCO.OCCCOCC1CCCC1I.[CH3-].[CH3-].[CH3-].[CH3-].[Fe+2].[Fe+2]. The predicted molar refractivity (Wildman–Crippen MR) is 238 cm³/mol. The Labute approximate surface area is 365 Å². The standard InChI is InChI=1S/C21H44O2Si.C9H17IO2.2C5H10.4CH3.2Fe/c1-4-7-16-24(17-8-5-2,18-9-6-3)21-13-10-12-20(21)19-23-15-11-14-22;10-9-4-1-3-8(9)7-12-6-2-5-11;2*1-2-4-5-3-1;;;;;;/h20-22H,4-19H2,1-3H3;8-9,11H,1-7H2;2*1-5H2;4*1H3;;/q;;;;4*-1;2*+2. The summed E-state index contributed by atoms with van der Waals surface area (Å²) in [5.41, 5.74) is 1.01. The van der Waals surface area contributed by atoms with Crippen LogP contribution in [0.2, 0.25) is 23.7 Å². The number of alkyl halides is 1. The van der Waals surface area contributed by atoms with Gasteiger partial charge in [-0.3, -0.25) is 0 Å². The first-order valence-corrected chi connectivity index (χ1v) is 24.5. The van der Waals surface area contributed by atoms with Gasteiger partial charge in [-0.1, -0.05) is 183 Å². The molecule has 2 N–H and O–H groups in total. The van der Waals surface area contributed by atoms with Crippen molar-refractivity contribution in [3.05, 3.63) is 29.7 Å². The Hall–Kier alpha value is 1.83. The maximum absolute atomic E-state index is 8.96. The number of aliphatic hydroxyl groups excluding tert-OH is 2. The number of unbranched alkanes of at least 4 members (excludes halogenated alkanes) is 3. The van der Waals surface area contributed by atoms with Crippen LogP contribution in [0.25, 0.3) is 0 Å². The zero-order chi connectivity index (χ0) is 33.6. The molecular formula is C44H93Fe2IO4Si. The number of rotatable bonds is 20. The van der Waals surface area contributed by atoms with Crippen LogP contribution in [0.1, 0.15) is 175 Å². The Morgan fingerprint density at radius 2 is 0.846 bits per heavy atom. The Morgan fingerprint density at radius 3 is 1.17 bits per heavy atom. The summed E-state index contributed by atoms with van der Waals surface area (Å²) in [7, 11) is -1.19. The first kappa shape index (κ1) is 65.7. The first-order valence-electron chi connectivity index (χ1n) is 20.6. The molecule has 0 radical (unpaired) electrons. The molecule has 0 aliphatic heterocycles. The van der Waals surface area contributed by atoms with Crippen LogP contribution in [0.3, 0.4) is 0 Å². The molecule has 320 valence electrons. The summed E-state index contributed by atoms with van der Waals surface area (Å²) in [5, 5.41) is 17.5. The minimum absolute atomic E-state index is 0. The maximum atomic E-state index is 8.96. The van der Waals surface area contributed by atoms with Gasteiger partial charge >= 0.3 is 34.1 Å². The minimum Gasteiger partial charge on any atom is -0.396 e. The summed E-state index contributed by atoms with van der Waals surface area (Å²) in [6, 6.07) is 4.71. The van der Waals surface area contributed by atoms with Crippen LogP contribution in [0.15, 0.2) is 0 Å². The fourth-order valence-corrected chi connectivity index (χ4v) is 16.4. The summed E-state index contributed by atoms with van der Waals surface area (Å²) in [5.74, 6) is 1.59. The number of hydrogen-bond donors (Lipinski definition) is 2. The van der Waals surface area contributed by atoms with E-state index in [1.165, 1.54) is 141 Å². The Bertz CT molecular complexity index is 596. The molecule has 4 nitrogen and oxygen atoms in total. The molecule has 0 saturated heterocycles. The number of aliphatic hydroxyl groups is 2. The second kappa shape index (κ2) is 47.2. The molecule has 0 spiro atoms. The summed E-state index contributed by atoms with van der Waals surface area (Å²) >= 11 is 2.53. The molecule has 4 saturated carbocycles. The molecule has 4 atom stereocenters. The van der Waals surface area contributed by atoms with E-state index in [2.05, 4.69) is 43.4 Å². The summed E-state index contributed by atoms with van der Waals surface area (Å²) < 4.78 is 12.2. The van der Waals surface area contributed by atoms with Gasteiger partial charge in [0.2, 0.25) is 0 Å². The van der Waals surface area contributed by atoms with Crippen molar-refractivity contribution in [1.29, 1.82) is 0 Å². The van der Waals surface area contributed by atoms with E-state index in [4.69, 9.17) is 19.7 Å². The molecule has 0 aromatic heterocycles. The predicted octanol–water partition coefficient (Wildman–Crippen LogP) is 14.1. The van der Waals surface area contributed by atoms with Crippen LogP contribution < -0.4 is 0 Å².